The SMILES string of the molecule is C[C@@H](O)[C@H]1C(=O)N2C(C(=O)[O-])=C(S/C=C\C(=O)NCc3ccccc3)C[C@H]12.[Na+]. The average molecular weight is 410 g/mol. The van der Waals surface area contributed by atoms with Gasteiger partial charge >= 0.3 is 29.6 Å². The molecule has 0 bridgehead atoms. The van der Waals surface area contributed by atoms with E-state index >= 15 is 0 Å². The maximum Gasteiger partial charge on any atom is 1.00 e. The van der Waals surface area contributed by atoms with Crippen molar-refractivity contribution in [2.24, 2.45) is 5.92 Å². The number of hydrogen-bond donors (Lipinski definition) is 2. The first kappa shape index (κ1) is 22.7. The van der Waals surface area contributed by atoms with Gasteiger partial charge in [0.1, 0.15) is 0 Å². The number of benzene rings is 1. The van der Waals surface area contributed by atoms with Gasteiger partial charge in [0.15, 0.2) is 0 Å². The second-order valence-electron chi connectivity index (χ2n) is 6.43. The van der Waals surface area contributed by atoms with Crippen LogP contribution in [0.3, 0.4) is 0 Å². The number of nitrogens with one attached hydrogen (secondary N) is 1. The molecule has 3 atom stereocenters. The van der Waals surface area contributed by atoms with E-state index in [1.807, 2.05) is 30.3 Å². The first-order valence-electron chi connectivity index (χ1n) is 8.50. The summed E-state index contributed by atoms with van der Waals surface area (Å²) in [5.74, 6) is -2.74. The normalized spacial score (nSPS) is 21.8. The Balaban J connectivity index is 0.00000280. The molecule has 2 aliphatic heterocycles. The Morgan fingerprint density at radius 3 is 2.68 bits per heavy atom. The molecule has 1 aromatic rings. The van der Waals surface area contributed by atoms with Crippen molar-refractivity contribution >= 4 is 29.5 Å². The van der Waals surface area contributed by atoms with Gasteiger partial charge in [-0.2, -0.15) is 0 Å². The summed E-state index contributed by atoms with van der Waals surface area (Å²) in [5.41, 5.74) is 0.804. The molecule has 0 saturated carbocycles. The third kappa shape index (κ3) is 4.69. The van der Waals surface area contributed by atoms with Crippen molar-refractivity contribution in [2.45, 2.75) is 32.0 Å². The Labute approximate surface area is 189 Å². The molecular weight excluding hydrogens is 391 g/mol. The zero-order chi connectivity index (χ0) is 19.6. The largest absolute Gasteiger partial charge is 1.00 e. The number of aliphatic hydroxyl groups is 1. The summed E-state index contributed by atoms with van der Waals surface area (Å²) < 4.78 is 0. The zero-order valence-electron chi connectivity index (χ0n) is 15.6. The smallest absolute Gasteiger partial charge is 0.543 e. The molecule has 142 valence electrons. The summed E-state index contributed by atoms with van der Waals surface area (Å²) in [7, 11) is 0. The molecule has 1 saturated heterocycles. The van der Waals surface area contributed by atoms with E-state index in [0.717, 1.165) is 17.3 Å². The molecule has 0 aliphatic carbocycles. The number of rotatable bonds is 7. The number of thioether (sulfide) groups is 1. The Morgan fingerprint density at radius 2 is 2.07 bits per heavy atom. The fourth-order valence-corrected chi connectivity index (χ4v) is 4.26. The summed E-state index contributed by atoms with van der Waals surface area (Å²) in [6, 6.07) is 9.08. The molecule has 0 radical (unpaired) electrons. The van der Waals surface area contributed by atoms with Crippen molar-refractivity contribution in [1.29, 1.82) is 0 Å². The van der Waals surface area contributed by atoms with E-state index in [2.05, 4.69) is 5.32 Å². The number of carbonyl (C=O) groups is 3. The minimum absolute atomic E-state index is 0. The van der Waals surface area contributed by atoms with Crippen LogP contribution in [-0.2, 0) is 20.9 Å². The summed E-state index contributed by atoms with van der Waals surface area (Å²) in [6.45, 7) is 1.91. The van der Waals surface area contributed by atoms with Crippen LogP contribution in [0.5, 0.6) is 0 Å². The minimum atomic E-state index is -1.43. The third-order valence-electron chi connectivity index (χ3n) is 4.62. The Morgan fingerprint density at radius 1 is 1.39 bits per heavy atom. The van der Waals surface area contributed by atoms with Gasteiger partial charge in [-0.25, -0.2) is 0 Å². The van der Waals surface area contributed by atoms with Gasteiger partial charge in [-0.15, -0.1) is 11.8 Å². The third-order valence-corrected chi connectivity index (χ3v) is 5.54. The molecule has 2 N–H and O–H groups in total. The molecule has 1 aromatic carbocycles. The first-order valence-corrected chi connectivity index (χ1v) is 9.38. The van der Waals surface area contributed by atoms with Crippen molar-refractivity contribution in [3.63, 3.8) is 0 Å². The van der Waals surface area contributed by atoms with Crippen molar-refractivity contribution < 1.29 is 54.2 Å². The summed E-state index contributed by atoms with van der Waals surface area (Å²) >= 11 is 1.08. The van der Waals surface area contributed by atoms with Crippen LogP contribution in [-0.4, -0.2) is 39.9 Å². The van der Waals surface area contributed by atoms with Gasteiger partial charge < -0.3 is 25.2 Å². The second-order valence-corrected chi connectivity index (χ2v) is 7.43. The number of β-lactam (4-membered cyclic amide) rings is 1. The van der Waals surface area contributed by atoms with Crippen molar-refractivity contribution in [3.8, 4) is 0 Å². The topological polar surface area (TPSA) is 110 Å². The molecule has 0 spiro atoms. The predicted molar refractivity (Wildman–Crippen MR) is 97.5 cm³/mol. The number of nitrogens with zero attached hydrogens (tertiary/aromatic N) is 1. The Kier molecular flexibility index (Phi) is 7.91. The van der Waals surface area contributed by atoms with E-state index < -0.39 is 23.9 Å². The van der Waals surface area contributed by atoms with Gasteiger partial charge in [0.2, 0.25) is 11.8 Å². The summed E-state index contributed by atoms with van der Waals surface area (Å²) in [6.07, 6.45) is 0.799. The maximum absolute atomic E-state index is 12.1. The number of fused-ring (bicyclic) bond motifs is 1. The molecule has 2 amide bonds. The molecule has 2 heterocycles. The van der Waals surface area contributed by atoms with Gasteiger partial charge in [-0.1, -0.05) is 30.3 Å². The second kappa shape index (κ2) is 9.76. The Hall–Kier alpha value is -1.58. The number of aliphatic hydroxyl groups excluding tert-OH is 1. The fourth-order valence-electron chi connectivity index (χ4n) is 3.35. The van der Waals surface area contributed by atoms with Gasteiger partial charge in [0, 0.05) is 23.9 Å². The average Bonchev–Trinajstić information content (AvgIpc) is 2.95. The monoisotopic (exact) mass is 410 g/mol. The van der Waals surface area contributed by atoms with Crippen LogP contribution in [0.4, 0.5) is 0 Å². The minimum Gasteiger partial charge on any atom is -0.543 e. The molecular formula is C19H19N2NaO5S. The van der Waals surface area contributed by atoms with Crippen LogP contribution >= 0.6 is 11.8 Å². The fraction of sp³-hybridized carbons (Fsp3) is 0.316. The van der Waals surface area contributed by atoms with Gasteiger partial charge in [-0.3, -0.25) is 9.59 Å². The van der Waals surface area contributed by atoms with Crippen molar-refractivity contribution in [3.05, 3.63) is 58.0 Å². The maximum atomic E-state index is 12.1. The molecule has 0 unspecified atom stereocenters. The van der Waals surface area contributed by atoms with E-state index in [-0.39, 0.29) is 47.2 Å². The van der Waals surface area contributed by atoms with Gasteiger partial charge in [0.05, 0.1) is 29.7 Å². The van der Waals surface area contributed by atoms with E-state index in [0.29, 0.717) is 17.9 Å². The van der Waals surface area contributed by atoms with Gasteiger partial charge in [-0.05, 0) is 17.9 Å². The summed E-state index contributed by atoms with van der Waals surface area (Å²) in [4.78, 5) is 37.0. The molecule has 2 aliphatic rings. The number of hydrogen-bond acceptors (Lipinski definition) is 6. The molecule has 28 heavy (non-hydrogen) atoms. The first-order chi connectivity index (χ1) is 12.9. The standard InChI is InChI=1S/C19H20N2O5S.Na/c1-11(22)16-13-9-14(17(19(25)26)21(13)18(16)24)27-8-7-15(23)20-10-12-5-3-2-4-6-12;/h2-8,11,13,16,22H,9-10H2,1H3,(H,20,23)(H,25,26);/q;+1/p-1/b8-7-;/t11-,13-,16-;/m1./s1. The molecule has 0 aromatic heterocycles. The Bertz CT molecular complexity index is 825. The van der Waals surface area contributed by atoms with Crippen molar-refractivity contribution in [2.75, 3.05) is 0 Å². The van der Waals surface area contributed by atoms with Crippen LogP contribution in [0, 0.1) is 5.92 Å². The van der Waals surface area contributed by atoms with Gasteiger partial charge in [0.25, 0.3) is 0 Å². The van der Waals surface area contributed by atoms with Crippen LogP contribution in [0.2, 0.25) is 0 Å². The number of amides is 2. The molecule has 3 rings (SSSR count). The van der Waals surface area contributed by atoms with Crippen LogP contribution in [0.25, 0.3) is 0 Å². The van der Waals surface area contributed by atoms with E-state index in [4.69, 9.17) is 0 Å². The number of carbonyl (C=O) groups excluding carboxylic acids is 3. The zero-order valence-corrected chi connectivity index (χ0v) is 18.4. The van der Waals surface area contributed by atoms with Crippen LogP contribution in [0.15, 0.2) is 52.4 Å². The molecule has 9 heteroatoms. The van der Waals surface area contributed by atoms with Crippen LogP contribution in [0.1, 0.15) is 18.9 Å². The van der Waals surface area contributed by atoms with E-state index in [1.165, 1.54) is 23.3 Å². The predicted octanol–water partition coefficient (Wildman–Crippen LogP) is -2.87. The van der Waals surface area contributed by atoms with E-state index in [9.17, 15) is 24.6 Å². The van der Waals surface area contributed by atoms with E-state index in [1.54, 1.807) is 0 Å². The van der Waals surface area contributed by atoms with Crippen LogP contribution < -0.4 is 40.0 Å². The number of carboxylic acid groups (broad SMARTS) is 1. The summed E-state index contributed by atoms with van der Waals surface area (Å²) in [5, 5.41) is 25.4. The molecule has 7 nitrogen and oxygen atoms in total. The number of aliphatic carboxylic acids is 1. The number of carboxylic acids is 1. The van der Waals surface area contributed by atoms with Crippen molar-refractivity contribution in [1.82, 2.24) is 10.2 Å². The quantitative estimate of drug-likeness (QED) is 0.284. The molecule has 1 fully saturated rings.